The van der Waals surface area contributed by atoms with E-state index in [1.54, 1.807) is 18.2 Å². The maximum absolute atomic E-state index is 12.8. The van der Waals surface area contributed by atoms with E-state index in [0.717, 1.165) is 5.56 Å². The van der Waals surface area contributed by atoms with E-state index < -0.39 is 4.92 Å². The van der Waals surface area contributed by atoms with E-state index in [-0.39, 0.29) is 11.5 Å². The van der Waals surface area contributed by atoms with Gasteiger partial charge in [0, 0.05) is 24.4 Å². The van der Waals surface area contributed by atoms with Crippen LogP contribution in [0.25, 0.3) is 0 Å². The van der Waals surface area contributed by atoms with Crippen LogP contribution in [0.1, 0.15) is 5.56 Å². The summed E-state index contributed by atoms with van der Waals surface area (Å²) in [6.45, 7) is 0.579. The largest absolute Gasteiger partial charge is 0.496 e. The van der Waals surface area contributed by atoms with Crippen molar-refractivity contribution in [2.24, 2.45) is 0 Å². The van der Waals surface area contributed by atoms with Crippen molar-refractivity contribution in [3.8, 4) is 5.75 Å². The number of halogens is 1. The Kier molecular flexibility index (Phi) is 4.71. The predicted octanol–water partition coefficient (Wildman–Crippen LogP) is 3.40. The van der Waals surface area contributed by atoms with E-state index in [1.807, 2.05) is 0 Å². The summed E-state index contributed by atoms with van der Waals surface area (Å²) in [7, 11) is 1.46. The highest BCUT2D eigenvalue weighted by Gasteiger charge is 2.09. The van der Waals surface area contributed by atoms with E-state index in [0.29, 0.717) is 24.4 Å². The van der Waals surface area contributed by atoms with Crippen molar-refractivity contribution < 1.29 is 14.1 Å². The van der Waals surface area contributed by atoms with Crippen molar-refractivity contribution >= 4 is 11.4 Å². The lowest BCUT2D eigenvalue weighted by atomic mass is 10.1. The van der Waals surface area contributed by atoms with Gasteiger partial charge in [0.05, 0.1) is 18.1 Å². The van der Waals surface area contributed by atoms with Crippen molar-refractivity contribution in [1.82, 2.24) is 0 Å². The third kappa shape index (κ3) is 4.17. The van der Waals surface area contributed by atoms with Crippen molar-refractivity contribution in [2.75, 3.05) is 19.0 Å². The van der Waals surface area contributed by atoms with Crippen molar-refractivity contribution in [3.63, 3.8) is 0 Å². The molecule has 0 unspecified atom stereocenters. The van der Waals surface area contributed by atoms with Crippen LogP contribution in [-0.4, -0.2) is 18.6 Å². The molecule has 0 fully saturated rings. The van der Waals surface area contributed by atoms with Crippen LogP contribution < -0.4 is 10.1 Å². The molecular weight excluding hydrogens is 275 g/mol. The van der Waals surface area contributed by atoms with Crippen molar-refractivity contribution in [1.29, 1.82) is 0 Å². The minimum absolute atomic E-state index is 0.0290. The summed E-state index contributed by atoms with van der Waals surface area (Å²) in [4.78, 5) is 10.4. The first-order valence-electron chi connectivity index (χ1n) is 6.40. The normalized spacial score (nSPS) is 10.2. The Morgan fingerprint density at radius 3 is 2.57 bits per heavy atom. The van der Waals surface area contributed by atoms with E-state index in [2.05, 4.69) is 5.32 Å². The van der Waals surface area contributed by atoms with Gasteiger partial charge in [-0.2, -0.15) is 0 Å². The number of nitro groups is 1. The minimum atomic E-state index is -0.465. The van der Waals surface area contributed by atoms with E-state index >= 15 is 0 Å². The lowest BCUT2D eigenvalue weighted by molar-refractivity contribution is -0.384. The van der Waals surface area contributed by atoms with Gasteiger partial charge in [0.1, 0.15) is 11.6 Å². The number of hydrogen-bond acceptors (Lipinski definition) is 4. The number of hydrogen-bond donors (Lipinski definition) is 1. The number of methoxy groups -OCH3 is 1. The maximum atomic E-state index is 12.8. The molecule has 2 aromatic rings. The smallest absolute Gasteiger partial charge is 0.275 e. The van der Waals surface area contributed by atoms with Gasteiger partial charge in [0.2, 0.25) is 0 Å². The van der Waals surface area contributed by atoms with Crippen LogP contribution in [0.4, 0.5) is 15.8 Å². The quantitative estimate of drug-likeness (QED) is 0.654. The molecule has 2 aromatic carbocycles. The fourth-order valence-electron chi connectivity index (χ4n) is 1.91. The summed E-state index contributed by atoms with van der Waals surface area (Å²) < 4.78 is 17.8. The molecule has 0 aliphatic carbocycles. The van der Waals surface area contributed by atoms with Gasteiger partial charge >= 0.3 is 0 Å². The molecule has 110 valence electrons. The van der Waals surface area contributed by atoms with E-state index in [1.165, 1.54) is 31.4 Å². The summed E-state index contributed by atoms with van der Waals surface area (Å²) in [5.74, 6) is 0.156. The second-order valence-electron chi connectivity index (χ2n) is 4.48. The summed E-state index contributed by atoms with van der Waals surface area (Å²) in [5, 5.41) is 13.9. The Hall–Kier alpha value is -2.63. The monoisotopic (exact) mass is 290 g/mol. The number of nitrogens with zero attached hydrogens (tertiary/aromatic N) is 1. The number of nitro benzene ring substituents is 1. The fraction of sp³-hybridized carbons (Fsp3) is 0.200. The van der Waals surface area contributed by atoms with Gasteiger partial charge < -0.3 is 10.1 Å². The first-order chi connectivity index (χ1) is 10.1. The Balaban J connectivity index is 2.00. The highest BCUT2D eigenvalue weighted by atomic mass is 19.1. The summed E-state index contributed by atoms with van der Waals surface area (Å²) in [6.07, 6.45) is 0.686. The van der Waals surface area contributed by atoms with Gasteiger partial charge in [-0.3, -0.25) is 10.1 Å². The SMILES string of the molecule is COc1cc(NCCc2ccc(F)cc2)cc([N+](=O)[O-])c1. The zero-order valence-electron chi connectivity index (χ0n) is 11.5. The average Bonchev–Trinajstić information content (AvgIpc) is 2.49. The summed E-state index contributed by atoms with van der Waals surface area (Å²) in [5.41, 5.74) is 1.57. The topological polar surface area (TPSA) is 64.4 Å². The molecule has 0 heterocycles. The number of non-ortho nitro benzene ring substituents is 1. The molecule has 0 amide bonds. The summed E-state index contributed by atoms with van der Waals surface area (Å²) in [6, 6.07) is 10.8. The molecule has 0 bridgehead atoms. The molecule has 6 heteroatoms. The molecule has 0 spiro atoms. The molecule has 0 saturated heterocycles. The number of rotatable bonds is 6. The van der Waals surface area contributed by atoms with Crippen LogP contribution in [0.5, 0.6) is 5.75 Å². The van der Waals surface area contributed by atoms with Crippen LogP contribution in [0.2, 0.25) is 0 Å². The number of benzene rings is 2. The number of ether oxygens (including phenoxy) is 1. The Bertz CT molecular complexity index is 629. The highest BCUT2D eigenvalue weighted by Crippen LogP contribution is 2.25. The molecule has 5 nitrogen and oxygen atoms in total. The standard InChI is InChI=1S/C15H15FN2O3/c1-21-15-9-13(8-14(10-15)18(19)20)17-7-6-11-2-4-12(16)5-3-11/h2-5,8-10,17H,6-7H2,1H3. The molecule has 2 rings (SSSR count). The molecule has 0 aliphatic rings. The van der Waals surface area contributed by atoms with Crippen LogP contribution in [-0.2, 0) is 6.42 Å². The second kappa shape index (κ2) is 6.69. The van der Waals surface area contributed by atoms with E-state index in [4.69, 9.17) is 4.74 Å². The lowest BCUT2D eigenvalue weighted by Gasteiger charge is -2.08. The fourth-order valence-corrected chi connectivity index (χ4v) is 1.91. The predicted molar refractivity (Wildman–Crippen MR) is 78.2 cm³/mol. The summed E-state index contributed by atoms with van der Waals surface area (Å²) >= 11 is 0. The van der Waals surface area contributed by atoms with Gasteiger partial charge in [-0.15, -0.1) is 0 Å². The molecule has 21 heavy (non-hydrogen) atoms. The van der Waals surface area contributed by atoms with Gasteiger partial charge in [0.15, 0.2) is 0 Å². The first-order valence-corrected chi connectivity index (χ1v) is 6.40. The molecule has 0 saturated carbocycles. The molecule has 0 aliphatic heterocycles. The average molecular weight is 290 g/mol. The Morgan fingerprint density at radius 2 is 1.95 bits per heavy atom. The molecule has 1 N–H and O–H groups in total. The Labute approximate surface area is 121 Å². The maximum Gasteiger partial charge on any atom is 0.275 e. The molecule has 0 radical (unpaired) electrons. The lowest BCUT2D eigenvalue weighted by Crippen LogP contribution is -2.05. The van der Waals surface area contributed by atoms with Crippen LogP contribution in [0.3, 0.4) is 0 Å². The van der Waals surface area contributed by atoms with E-state index in [9.17, 15) is 14.5 Å². The first kappa shape index (κ1) is 14.8. The zero-order chi connectivity index (χ0) is 15.2. The van der Waals surface area contributed by atoms with Gasteiger partial charge in [0.25, 0.3) is 5.69 Å². The van der Waals surface area contributed by atoms with Crippen LogP contribution in [0.15, 0.2) is 42.5 Å². The Morgan fingerprint density at radius 1 is 1.24 bits per heavy atom. The third-order valence-electron chi connectivity index (χ3n) is 2.99. The van der Waals surface area contributed by atoms with Crippen molar-refractivity contribution in [2.45, 2.75) is 6.42 Å². The van der Waals surface area contributed by atoms with Gasteiger partial charge in [-0.05, 0) is 24.1 Å². The third-order valence-corrected chi connectivity index (χ3v) is 2.99. The van der Waals surface area contributed by atoms with Crippen LogP contribution in [0, 0.1) is 15.9 Å². The molecular formula is C15H15FN2O3. The second-order valence-corrected chi connectivity index (χ2v) is 4.48. The molecule has 0 aromatic heterocycles. The van der Waals surface area contributed by atoms with Gasteiger partial charge in [-0.1, -0.05) is 12.1 Å². The number of nitrogens with one attached hydrogen (secondary N) is 1. The van der Waals surface area contributed by atoms with Gasteiger partial charge in [-0.25, -0.2) is 4.39 Å². The highest BCUT2D eigenvalue weighted by molar-refractivity contribution is 5.56. The van der Waals surface area contributed by atoms with Crippen molar-refractivity contribution in [3.05, 3.63) is 64.0 Å². The van der Waals surface area contributed by atoms with Crippen LogP contribution >= 0.6 is 0 Å². The zero-order valence-corrected chi connectivity index (χ0v) is 11.5. The minimum Gasteiger partial charge on any atom is -0.496 e. The number of anilines is 1. The molecule has 0 atom stereocenters.